The minimum atomic E-state index is -3.03. The summed E-state index contributed by atoms with van der Waals surface area (Å²) in [5.41, 5.74) is 0.553. The molecular weight excluding hydrogens is 275 g/mol. The average molecular weight is 286 g/mol. The summed E-state index contributed by atoms with van der Waals surface area (Å²) in [6.07, 6.45) is 0. The lowest BCUT2D eigenvalue weighted by atomic mass is 10.2. The lowest BCUT2D eigenvalue weighted by molar-refractivity contribution is 0.601. The summed E-state index contributed by atoms with van der Waals surface area (Å²) in [7, 11) is -3.03. The van der Waals surface area contributed by atoms with Crippen LogP contribution in [0.2, 0.25) is 0 Å². The maximum absolute atomic E-state index is 13.2. The molecule has 2 aliphatic heterocycles. The molecule has 0 amide bonds. The van der Waals surface area contributed by atoms with E-state index in [1.807, 2.05) is 0 Å². The number of benzene rings is 1. The molecule has 18 heavy (non-hydrogen) atoms. The molecule has 0 aromatic heterocycles. The number of fused-ring (bicyclic) bond motifs is 1. The van der Waals surface area contributed by atoms with Crippen LogP contribution in [0.3, 0.4) is 0 Å². The predicted molar refractivity (Wildman–Crippen MR) is 70.4 cm³/mol. The van der Waals surface area contributed by atoms with Crippen molar-refractivity contribution in [3.63, 3.8) is 0 Å². The van der Waals surface area contributed by atoms with Crippen molar-refractivity contribution < 1.29 is 12.8 Å². The Kier molecular flexibility index (Phi) is 2.63. The van der Waals surface area contributed by atoms with Crippen LogP contribution in [-0.4, -0.2) is 36.4 Å². The molecule has 0 saturated carbocycles. The van der Waals surface area contributed by atoms with Crippen LogP contribution in [0.15, 0.2) is 24.3 Å². The number of anilines is 1. The first-order chi connectivity index (χ1) is 8.46. The monoisotopic (exact) mass is 286 g/mol. The highest BCUT2D eigenvalue weighted by Crippen LogP contribution is 2.40. The summed E-state index contributed by atoms with van der Waals surface area (Å²) in [4.78, 5) is 1.63. The molecule has 1 N–H and O–H groups in total. The van der Waals surface area contributed by atoms with Crippen LogP contribution in [0.5, 0.6) is 0 Å². The Morgan fingerprint density at radius 3 is 2.89 bits per heavy atom. The second kappa shape index (κ2) is 3.96. The van der Waals surface area contributed by atoms with Gasteiger partial charge in [0.2, 0.25) is 0 Å². The minimum Gasteiger partial charge on any atom is -0.316 e. The fraction of sp³-hybridized carbons (Fsp3) is 0.364. The van der Waals surface area contributed by atoms with Crippen molar-refractivity contribution in [3.05, 3.63) is 30.1 Å². The van der Waals surface area contributed by atoms with E-state index in [1.165, 1.54) is 23.9 Å². The Labute approximate surface area is 109 Å². The topological polar surface area (TPSA) is 61.2 Å². The number of nitrogens with one attached hydrogen (secondary N) is 1. The van der Waals surface area contributed by atoms with Crippen molar-refractivity contribution in [1.29, 1.82) is 5.41 Å². The molecule has 2 saturated heterocycles. The highest BCUT2D eigenvalue weighted by Gasteiger charge is 2.48. The van der Waals surface area contributed by atoms with Gasteiger partial charge in [-0.15, -0.1) is 0 Å². The van der Waals surface area contributed by atoms with Gasteiger partial charge in [-0.3, -0.25) is 5.41 Å². The number of halogens is 1. The lowest BCUT2D eigenvalue weighted by Gasteiger charge is -2.23. The van der Waals surface area contributed by atoms with E-state index in [0.29, 0.717) is 10.9 Å². The van der Waals surface area contributed by atoms with Crippen molar-refractivity contribution in [2.24, 2.45) is 0 Å². The molecule has 0 bridgehead atoms. The number of thioether (sulfide) groups is 1. The van der Waals surface area contributed by atoms with Crippen molar-refractivity contribution in [2.75, 3.05) is 16.4 Å². The summed E-state index contributed by atoms with van der Waals surface area (Å²) in [5.74, 6) is -0.227. The van der Waals surface area contributed by atoms with Gasteiger partial charge < -0.3 is 4.90 Å². The van der Waals surface area contributed by atoms with Gasteiger partial charge in [0, 0.05) is 10.9 Å². The number of hydrogen-bond donors (Lipinski definition) is 1. The smallest absolute Gasteiger partial charge is 0.161 e. The van der Waals surface area contributed by atoms with Crippen molar-refractivity contribution in [1.82, 2.24) is 0 Å². The number of sulfone groups is 1. The Bertz CT molecular complexity index is 617. The van der Waals surface area contributed by atoms with Gasteiger partial charge in [-0.25, -0.2) is 12.8 Å². The Morgan fingerprint density at radius 1 is 1.39 bits per heavy atom. The van der Waals surface area contributed by atoms with Crippen LogP contribution in [0.25, 0.3) is 0 Å². The molecular formula is C11H11FN2O2S2. The van der Waals surface area contributed by atoms with Crippen LogP contribution >= 0.6 is 11.8 Å². The van der Waals surface area contributed by atoms with Gasteiger partial charge in [-0.2, -0.15) is 0 Å². The first-order valence-electron chi connectivity index (χ1n) is 5.47. The summed E-state index contributed by atoms with van der Waals surface area (Å²) >= 11 is 1.25. The van der Waals surface area contributed by atoms with Gasteiger partial charge in [-0.1, -0.05) is 17.8 Å². The second-order valence-corrected chi connectivity index (χ2v) is 7.84. The fourth-order valence-corrected chi connectivity index (χ4v) is 6.23. The normalized spacial score (nSPS) is 29.6. The zero-order valence-corrected chi connectivity index (χ0v) is 11.0. The van der Waals surface area contributed by atoms with E-state index in [1.54, 1.807) is 17.0 Å². The Balaban J connectivity index is 1.99. The molecule has 0 radical (unpaired) electrons. The molecule has 96 valence electrons. The van der Waals surface area contributed by atoms with Crippen LogP contribution < -0.4 is 4.90 Å². The number of hydrogen-bond acceptors (Lipinski definition) is 4. The van der Waals surface area contributed by atoms with E-state index in [4.69, 9.17) is 5.41 Å². The maximum atomic E-state index is 13.2. The van der Waals surface area contributed by atoms with E-state index in [-0.39, 0.29) is 28.6 Å². The minimum absolute atomic E-state index is 0.0452. The molecule has 1 aromatic rings. The van der Waals surface area contributed by atoms with Crippen molar-refractivity contribution in [2.45, 2.75) is 11.3 Å². The predicted octanol–water partition coefficient (Wildman–Crippen LogP) is 1.48. The van der Waals surface area contributed by atoms with Crippen molar-refractivity contribution >= 4 is 32.5 Å². The third kappa shape index (κ3) is 1.91. The number of amidine groups is 1. The summed E-state index contributed by atoms with van der Waals surface area (Å²) in [6, 6.07) is 5.70. The zero-order chi connectivity index (χ0) is 12.9. The summed E-state index contributed by atoms with van der Waals surface area (Å²) in [6.45, 7) is 0. The molecule has 7 heteroatoms. The van der Waals surface area contributed by atoms with E-state index >= 15 is 0 Å². The van der Waals surface area contributed by atoms with Crippen LogP contribution in [0, 0.1) is 11.2 Å². The highest BCUT2D eigenvalue weighted by atomic mass is 32.2. The second-order valence-electron chi connectivity index (χ2n) is 4.46. The van der Waals surface area contributed by atoms with Crippen LogP contribution in [0.4, 0.5) is 10.1 Å². The molecule has 0 unspecified atom stereocenters. The largest absolute Gasteiger partial charge is 0.316 e. The third-order valence-electron chi connectivity index (χ3n) is 3.17. The van der Waals surface area contributed by atoms with Crippen LogP contribution in [0.1, 0.15) is 0 Å². The molecule has 0 aliphatic carbocycles. The van der Waals surface area contributed by atoms with Gasteiger partial charge in [0.1, 0.15) is 5.82 Å². The van der Waals surface area contributed by atoms with E-state index < -0.39 is 9.84 Å². The standard InChI is InChI=1S/C11H11FN2O2S2/c12-7-2-1-3-8(4-7)14-9-5-18(15,16)6-10(9)17-11(14)13/h1-4,9-10,13H,5-6H2/t9-,10-/m0/s1. The van der Waals surface area contributed by atoms with E-state index in [0.717, 1.165) is 0 Å². The molecule has 2 aliphatic rings. The molecule has 4 nitrogen and oxygen atoms in total. The van der Waals surface area contributed by atoms with Crippen LogP contribution in [-0.2, 0) is 9.84 Å². The van der Waals surface area contributed by atoms with Gasteiger partial charge >= 0.3 is 0 Å². The first-order valence-corrected chi connectivity index (χ1v) is 8.17. The maximum Gasteiger partial charge on any atom is 0.161 e. The van der Waals surface area contributed by atoms with E-state index in [2.05, 4.69) is 0 Å². The molecule has 2 atom stereocenters. The SMILES string of the molecule is N=C1S[C@H]2CS(=O)(=O)C[C@@H]2N1c1cccc(F)c1. The van der Waals surface area contributed by atoms with Gasteiger partial charge in [-0.05, 0) is 18.2 Å². The van der Waals surface area contributed by atoms with Crippen molar-refractivity contribution in [3.8, 4) is 0 Å². The fourth-order valence-electron chi connectivity index (χ4n) is 2.44. The quantitative estimate of drug-likeness (QED) is 0.849. The third-order valence-corrected chi connectivity index (χ3v) is 6.30. The van der Waals surface area contributed by atoms with Gasteiger partial charge in [0.25, 0.3) is 0 Å². The number of rotatable bonds is 1. The molecule has 1 aromatic carbocycles. The highest BCUT2D eigenvalue weighted by molar-refractivity contribution is 8.15. The first kappa shape index (κ1) is 12.0. The summed E-state index contributed by atoms with van der Waals surface area (Å²) < 4.78 is 36.4. The Hall–Kier alpha value is -1.08. The molecule has 0 spiro atoms. The van der Waals surface area contributed by atoms with Gasteiger partial charge in [0.05, 0.1) is 17.5 Å². The number of nitrogens with zero attached hydrogens (tertiary/aromatic N) is 1. The molecule has 2 fully saturated rings. The van der Waals surface area contributed by atoms with E-state index in [9.17, 15) is 12.8 Å². The summed E-state index contributed by atoms with van der Waals surface area (Å²) in [5, 5.41) is 8.10. The molecule has 2 heterocycles. The molecule has 3 rings (SSSR count). The Morgan fingerprint density at radius 2 is 2.17 bits per heavy atom. The zero-order valence-electron chi connectivity index (χ0n) is 9.34. The average Bonchev–Trinajstić information content (AvgIpc) is 2.68. The van der Waals surface area contributed by atoms with Gasteiger partial charge in [0.15, 0.2) is 15.0 Å². The lowest BCUT2D eigenvalue weighted by Crippen LogP contribution is -2.37.